The molecule has 0 aromatic heterocycles. The summed E-state index contributed by atoms with van der Waals surface area (Å²) < 4.78 is 21.7. The highest BCUT2D eigenvalue weighted by Gasteiger charge is 2.19. The summed E-state index contributed by atoms with van der Waals surface area (Å²) in [4.78, 5) is 0. The average Bonchev–Trinajstić information content (AvgIpc) is 2.76. The molecule has 2 rings (SSSR count). The van der Waals surface area contributed by atoms with Crippen LogP contribution in [0.1, 0.15) is 19.4 Å². The van der Waals surface area contributed by atoms with E-state index in [9.17, 15) is 0 Å². The summed E-state index contributed by atoms with van der Waals surface area (Å²) in [6, 6.07) is 3.87. The van der Waals surface area contributed by atoms with Gasteiger partial charge in [0.25, 0.3) is 0 Å². The molecule has 106 valence electrons. The first kappa shape index (κ1) is 14.0. The molecule has 1 aliphatic heterocycles. The highest BCUT2D eigenvalue weighted by molar-refractivity contribution is 5.52. The number of ether oxygens (including phenoxy) is 4. The largest absolute Gasteiger partial charge is 0.488 e. The summed E-state index contributed by atoms with van der Waals surface area (Å²) in [5.41, 5.74) is 6.91. The standard InChI is InChI=1S/C14H21NO4/c1-9(15)4-11-5-13-14(18-8-17-13)6-12(11)19-10(2)7-16-3/h5-6,9-10H,4,7-8,15H2,1-3H3. The first-order chi connectivity index (χ1) is 9.10. The van der Waals surface area contributed by atoms with E-state index in [1.54, 1.807) is 7.11 Å². The van der Waals surface area contributed by atoms with Crippen molar-refractivity contribution in [2.45, 2.75) is 32.4 Å². The number of nitrogens with two attached hydrogens (primary N) is 1. The van der Waals surface area contributed by atoms with Gasteiger partial charge < -0.3 is 24.7 Å². The third kappa shape index (κ3) is 3.52. The Morgan fingerprint density at radius 1 is 1.26 bits per heavy atom. The van der Waals surface area contributed by atoms with Gasteiger partial charge in [0.2, 0.25) is 6.79 Å². The van der Waals surface area contributed by atoms with Crippen LogP contribution < -0.4 is 19.9 Å². The van der Waals surface area contributed by atoms with Crippen LogP contribution in [0.25, 0.3) is 0 Å². The Bertz CT molecular complexity index is 434. The lowest BCUT2D eigenvalue weighted by Crippen LogP contribution is -2.21. The van der Waals surface area contributed by atoms with Crippen LogP contribution >= 0.6 is 0 Å². The van der Waals surface area contributed by atoms with Gasteiger partial charge in [-0.25, -0.2) is 0 Å². The second kappa shape index (κ2) is 6.12. The van der Waals surface area contributed by atoms with Gasteiger partial charge in [0, 0.05) is 19.2 Å². The zero-order valence-electron chi connectivity index (χ0n) is 11.6. The molecule has 1 aromatic carbocycles. The van der Waals surface area contributed by atoms with Crippen LogP contribution in [-0.4, -0.2) is 32.7 Å². The fourth-order valence-corrected chi connectivity index (χ4v) is 2.07. The van der Waals surface area contributed by atoms with Gasteiger partial charge in [-0.2, -0.15) is 0 Å². The molecule has 0 saturated heterocycles. The molecule has 0 aliphatic carbocycles. The number of fused-ring (bicyclic) bond motifs is 1. The van der Waals surface area contributed by atoms with Crippen molar-refractivity contribution in [2.75, 3.05) is 20.5 Å². The van der Waals surface area contributed by atoms with Crippen molar-refractivity contribution in [3.63, 3.8) is 0 Å². The van der Waals surface area contributed by atoms with E-state index in [0.717, 1.165) is 23.5 Å². The van der Waals surface area contributed by atoms with Crippen molar-refractivity contribution in [2.24, 2.45) is 5.73 Å². The van der Waals surface area contributed by atoms with E-state index in [0.29, 0.717) is 12.4 Å². The van der Waals surface area contributed by atoms with E-state index in [4.69, 9.17) is 24.7 Å². The predicted molar refractivity (Wildman–Crippen MR) is 71.9 cm³/mol. The third-order valence-electron chi connectivity index (χ3n) is 2.83. The number of hydrogen-bond donors (Lipinski definition) is 1. The van der Waals surface area contributed by atoms with E-state index in [1.807, 2.05) is 26.0 Å². The minimum absolute atomic E-state index is 0.0304. The molecular weight excluding hydrogens is 246 g/mol. The molecule has 5 heteroatoms. The first-order valence-corrected chi connectivity index (χ1v) is 6.44. The minimum Gasteiger partial charge on any atom is -0.488 e. The highest BCUT2D eigenvalue weighted by Crippen LogP contribution is 2.38. The van der Waals surface area contributed by atoms with Gasteiger partial charge in [-0.15, -0.1) is 0 Å². The van der Waals surface area contributed by atoms with Gasteiger partial charge >= 0.3 is 0 Å². The molecule has 1 aromatic rings. The van der Waals surface area contributed by atoms with E-state index in [1.165, 1.54) is 0 Å². The van der Waals surface area contributed by atoms with Crippen LogP contribution in [0.5, 0.6) is 17.2 Å². The van der Waals surface area contributed by atoms with Crippen molar-refractivity contribution in [1.82, 2.24) is 0 Å². The second-order valence-electron chi connectivity index (χ2n) is 4.88. The van der Waals surface area contributed by atoms with Crippen molar-refractivity contribution in [3.05, 3.63) is 17.7 Å². The van der Waals surface area contributed by atoms with Crippen LogP contribution in [0.2, 0.25) is 0 Å². The zero-order valence-corrected chi connectivity index (χ0v) is 11.6. The Morgan fingerprint density at radius 2 is 1.95 bits per heavy atom. The lowest BCUT2D eigenvalue weighted by molar-refractivity contribution is 0.0912. The quantitative estimate of drug-likeness (QED) is 0.850. The average molecular weight is 267 g/mol. The van der Waals surface area contributed by atoms with Crippen LogP contribution in [0.15, 0.2) is 12.1 Å². The first-order valence-electron chi connectivity index (χ1n) is 6.44. The molecule has 19 heavy (non-hydrogen) atoms. The molecule has 2 unspecified atom stereocenters. The molecule has 0 saturated carbocycles. The number of hydrogen-bond acceptors (Lipinski definition) is 5. The molecule has 0 radical (unpaired) electrons. The topological polar surface area (TPSA) is 62.9 Å². The molecule has 0 amide bonds. The van der Waals surface area contributed by atoms with Gasteiger partial charge in [-0.3, -0.25) is 0 Å². The van der Waals surface area contributed by atoms with Crippen LogP contribution in [0, 0.1) is 0 Å². The van der Waals surface area contributed by atoms with Crippen LogP contribution in [0.4, 0.5) is 0 Å². The monoisotopic (exact) mass is 267 g/mol. The Morgan fingerprint density at radius 3 is 2.58 bits per heavy atom. The van der Waals surface area contributed by atoms with E-state index >= 15 is 0 Å². The maximum Gasteiger partial charge on any atom is 0.231 e. The minimum atomic E-state index is -0.0304. The highest BCUT2D eigenvalue weighted by atomic mass is 16.7. The van der Waals surface area contributed by atoms with Crippen LogP contribution in [-0.2, 0) is 11.2 Å². The van der Waals surface area contributed by atoms with Gasteiger partial charge in [0.05, 0.1) is 6.61 Å². The summed E-state index contributed by atoms with van der Waals surface area (Å²) in [6.45, 7) is 4.72. The third-order valence-corrected chi connectivity index (χ3v) is 2.83. The Kier molecular flexibility index (Phi) is 4.50. The smallest absolute Gasteiger partial charge is 0.231 e. The van der Waals surface area contributed by atoms with E-state index < -0.39 is 0 Å². The molecule has 1 heterocycles. The molecule has 1 aliphatic rings. The van der Waals surface area contributed by atoms with E-state index in [-0.39, 0.29) is 18.9 Å². The molecule has 0 fully saturated rings. The summed E-state index contributed by atoms with van der Waals surface area (Å²) in [6.07, 6.45) is 0.697. The summed E-state index contributed by atoms with van der Waals surface area (Å²) >= 11 is 0. The zero-order chi connectivity index (χ0) is 13.8. The summed E-state index contributed by atoms with van der Waals surface area (Å²) in [7, 11) is 1.66. The Labute approximate surface area is 113 Å². The normalized spacial score (nSPS) is 16.2. The number of rotatable bonds is 6. The number of methoxy groups -OCH3 is 1. The number of benzene rings is 1. The van der Waals surface area contributed by atoms with Gasteiger partial charge in [-0.05, 0) is 31.9 Å². The predicted octanol–water partition coefficient (Wildman–Crippen LogP) is 1.72. The van der Waals surface area contributed by atoms with Crippen LogP contribution in [0.3, 0.4) is 0 Å². The fraction of sp³-hybridized carbons (Fsp3) is 0.571. The molecule has 2 N–H and O–H groups in total. The second-order valence-corrected chi connectivity index (χ2v) is 4.88. The van der Waals surface area contributed by atoms with Crippen molar-refractivity contribution in [3.8, 4) is 17.2 Å². The van der Waals surface area contributed by atoms with E-state index in [2.05, 4.69) is 0 Å². The van der Waals surface area contributed by atoms with Crippen molar-refractivity contribution >= 4 is 0 Å². The summed E-state index contributed by atoms with van der Waals surface area (Å²) in [5.74, 6) is 2.25. The molecular formula is C14H21NO4. The maximum absolute atomic E-state index is 5.90. The fourth-order valence-electron chi connectivity index (χ4n) is 2.07. The molecule has 2 atom stereocenters. The van der Waals surface area contributed by atoms with Gasteiger partial charge in [0.1, 0.15) is 11.9 Å². The molecule has 5 nitrogen and oxygen atoms in total. The van der Waals surface area contributed by atoms with Crippen molar-refractivity contribution < 1.29 is 18.9 Å². The lowest BCUT2D eigenvalue weighted by Gasteiger charge is -2.18. The van der Waals surface area contributed by atoms with Crippen molar-refractivity contribution in [1.29, 1.82) is 0 Å². The lowest BCUT2D eigenvalue weighted by atomic mass is 10.1. The van der Waals surface area contributed by atoms with Gasteiger partial charge in [-0.1, -0.05) is 0 Å². The SMILES string of the molecule is COCC(C)Oc1cc2c(cc1CC(C)N)OCO2. The van der Waals surface area contributed by atoms with Gasteiger partial charge in [0.15, 0.2) is 11.5 Å². The maximum atomic E-state index is 5.90. The molecule has 0 bridgehead atoms. The Balaban J connectivity index is 2.23. The Hall–Kier alpha value is -1.46. The molecule has 0 spiro atoms. The summed E-state index contributed by atoms with van der Waals surface area (Å²) in [5, 5.41) is 0.